The highest BCUT2D eigenvalue weighted by molar-refractivity contribution is 7.17. The van der Waals surface area contributed by atoms with Crippen LogP contribution in [0.4, 0.5) is 9.80 Å². The van der Waals surface area contributed by atoms with E-state index in [0.29, 0.717) is 5.00 Å². The van der Waals surface area contributed by atoms with Crippen LogP contribution in [0.1, 0.15) is 45.6 Å². The van der Waals surface area contributed by atoms with Gasteiger partial charge in [0.25, 0.3) is 0 Å². The molecule has 0 spiro atoms. The number of hydrogen-bond donors (Lipinski definition) is 2. The lowest BCUT2D eigenvalue weighted by Gasteiger charge is -2.07. The number of carbonyl (C=O) groups excluding carboxylic acids is 1. The molecule has 0 saturated heterocycles. The lowest BCUT2D eigenvalue weighted by Crippen LogP contribution is -2.15. The van der Waals surface area contributed by atoms with Gasteiger partial charge in [0.1, 0.15) is 11.6 Å². The van der Waals surface area contributed by atoms with Gasteiger partial charge in [-0.1, -0.05) is 36.8 Å². The Bertz CT molecular complexity index is 739. The number of benzene rings is 1. The van der Waals surface area contributed by atoms with Crippen LogP contribution in [0.15, 0.2) is 30.3 Å². The first-order valence-electron chi connectivity index (χ1n) is 8.00. The molecule has 6 heteroatoms. The SMILES string of the molecule is O=C(Nc1sc2c(c1C(=O)O)CCCCC2)OCc1ccccc1. The molecule has 1 aliphatic carbocycles. The van der Waals surface area contributed by atoms with E-state index in [4.69, 9.17) is 4.74 Å². The molecule has 2 aromatic rings. The van der Waals surface area contributed by atoms with Crippen molar-refractivity contribution in [2.45, 2.75) is 38.7 Å². The zero-order valence-corrected chi connectivity index (χ0v) is 14.0. The van der Waals surface area contributed by atoms with Gasteiger partial charge in [0.05, 0.1) is 5.56 Å². The first-order chi connectivity index (χ1) is 11.6. The Labute approximate surface area is 144 Å². The third-order valence-electron chi connectivity index (χ3n) is 4.06. The molecule has 5 nitrogen and oxygen atoms in total. The van der Waals surface area contributed by atoms with E-state index in [1.807, 2.05) is 30.3 Å². The molecule has 0 bridgehead atoms. The topological polar surface area (TPSA) is 75.6 Å². The third kappa shape index (κ3) is 3.76. The Kier molecular flexibility index (Phi) is 5.15. The van der Waals surface area contributed by atoms with E-state index in [2.05, 4.69) is 5.32 Å². The van der Waals surface area contributed by atoms with Crippen molar-refractivity contribution in [3.05, 3.63) is 51.9 Å². The Balaban J connectivity index is 1.72. The Morgan fingerprint density at radius 1 is 1.12 bits per heavy atom. The van der Waals surface area contributed by atoms with Crippen LogP contribution in [0.5, 0.6) is 0 Å². The lowest BCUT2D eigenvalue weighted by molar-refractivity contribution is 0.0697. The van der Waals surface area contributed by atoms with Crippen molar-refractivity contribution in [2.75, 3.05) is 5.32 Å². The van der Waals surface area contributed by atoms with Crippen LogP contribution in [0.3, 0.4) is 0 Å². The van der Waals surface area contributed by atoms with E-state index in [1.54, 1.807) is 0 Å². The van der Waals surface area contributed by atoms with Crippen LogP contribution < -0.4 is 5.32 Å². The van der Waals surface area contributed by atoms with Crippen LogP contribution in [0.2, 0.25) is 0 Å². The van der Waals surface area contributed by atoms with E-state index in [-0.39, 0.29) is 12.2 Å². The summed E-state index contributed by atoms with van der Waals surface area (Å²) in [4.78, 5) is 24.7. The Hall–Kier alpha value is -2.34. The van der Waals surface area contributed by atoms with Gasteiger partial charge in [0.15, 0.2) is 0 Å². The van der Waals surface area contributed by atoms with E-state index in [1.165, 1.54) is 11.3 Å². The summed E-state index contributed by atoms with van der Waals surface area (Å²) in [5, 5.41) is 12.5. The smallest absolute Gasteiger partial charge is 0.412 e. The number of aryl methyl sites for hydroxylation is 1. The molecule has 0 unspecified atom stereocenters. The fourth-order valence-corrected chi connectivity index (χ4v) is 4.18. The van der Waals surface area contributed by atoms with Crippen LogP contribution in [0.25, 0.3) is 0 Å². The molecule has 24 heavy (non-hydrogen) atoms. The number of carboxylic acids is 1. The molecular formula is C18H19NO4S. The van der Waals surface area contributed by atoms with Crippen molar-refractivity contribution < 1.29 is 19.4 Å². The molecule has 1 amide bonds. The molecule has 1 aromatic heterocycles. The second-order valence-corrected chi connectivity index (χ2v) is 6.87. The number of ether oxygens (including phenoxy) is 1. The van der Waals surface area contributed by atoms with Crippen LogP contribution in [-0.4, -0.2) is 17.2 Å². The zero-order chi connectivity index (χ0) is 16.9. The number of thiophene rings is 1. The first kappa shape index (κ1) is 16.5. The Morgan fingerprint density at radius 3 is 2.62 bits per heavy atom. The molecular weight excluding hydrogens is 326 g/mol. The van der Waals surface area contributed by atoms with Crippen LogP contribution >= 0.6 is 11.3 Å². The van der Waals surface area contributed by atoms with Gasteiger partial charge in [-0.15, -0.1) is 11.3 Å². The number of nitrogens with one attached hydrogen (secondary N) is 1. The Morgan fingerprint density at radius 2 is 1.88 bits per heavy atom. The van der Waals surface area contributed by atoms with Gasteiger partial charge in [-0.2, -0.15) is 0 Å². The number of amides is 1. The van der Waals surface area contributed by atoms with Crippen LogP contribution in [0, 0.1) is 0 Å². The summed E-state index contributed by atoms with van der Waals surface area (Å²) < 4.78 is 5.19. The number of carboxylic acid groups (broad SMARTS) is 1. The van der Waals surface area contributed by atoms with Crippen molar-refractivity contribution in [1.29, 1.82) is 0 Å². The fourth-order valence-electron chi connectivity index (χ4n) is 2.91. The van der Waals surface area contributed by atoms with E-state index in [9.17, 15) is 14.7 Å². The van der Waals surface area contributed by atoms with Crippen molar-refractivity contribution >= 4 is 28.4 Å². The predicted molar refractivity (Wildman–Crippen MR) is 92.8 cm³/mol. The van der Waals surface area contributed by atoms with Gasteiger partial charge in [0, 0.05) is 4.88 Å². The highest BCUT2D eigenvalue weighted by Crippen LogP contribution is 2.37. The minimum Gasteiger partial charge on any atom is -0.478 e. The summed E-state index contributed by atoms with van der Waals surface area (Å²) >= 11 is 1.36. The molecule has 0 atom stereocenters. The van der Waals surface area contributed by atoms with Gasteiger partial charge in [0.2, 0.25) is 0 Å². The highest BCUT2D eigenvalue weighted by atomic mass is 32.1. The molecule has 2 N–H and O–H groups in total. The molecule has 0 saturated carbocycles. The molecule has 126 valence electrons. The summed E-state index contributed by atoms with van der Waals surface area (Å²) in [6, 6.07) is 9.36. The van der Waals surface area contributed by atoms with Gasteiger partial charge >= 0.3 is 12.1 Å². The molecule has 1 aromatic carbocycles. The summed E-state index contributed by atoms with van der Waals surface area (Å²) in [5.41, 5.74) is 1.99. The molecule has 0 fully saturated rings. The number of aromatic carboxylic acids is 1. The predicted octanol–water partition coefficient (Wildman–Crippen LogP) is 4.46. The monoisotopic (exact) mass is 345 g/mol. The fraction of sp³-hybridized carbons (Fsp3) is 0.333. The summed E-state index contributed by atoms with van der Waals surface area (Å²) in [6.45, 7) is 0.153. The van der Waals surface area contributed by atoms with Crippen LogP contribution in [-0.2, 0) is 24.2 Å². The summed E-state index contributed by atoms with van der Waals surface area (Å²) in [7, 11) is 0. The largest absolute Gasteiger partial charge is 0.478 e. The minimum absolute atomic E-state index is 0.153. The first-order valence-corrected chi connectivity index (χ1v) is 8.82. The van der Waals surface area contributed by atoms with Gasteiger partial charge in [-0.05, 0) is 36.8 Å². The maximum Gasteiger partial charge on any atom is 0.412 e. The average Bonchev–Trinajstić information content (AvgIpc) is 2.75. The van der Waals surface area contributed by atoms with Crippen molar-refractivity contribution in [3.8, 4) is 0 Å². The third-order valence-corrected chi connectivity index (χ3v) is 5.27. The van der Waals surface area contributed by atoms with Crippen molar-refractivity contribution in [2.24, 2.45) is 0 Å². The second-order valence-electron chi connectivity index (χ2n) is 5.76. The van der Waals surface area contributed by atoms with E-state index >= 15 is 0 Å². The number of carbonyl (C=O) groups is 2. The number of rotatable bonds is 4. The zero-order valence-electron chi connectivity index (χ0n) is 13.2. The van der Waals surface area contributed by atoms with Crippen molar-refractivity contribution in [3.63, 3.8) is 0 Å². The van der Waals surface area contributed by atoms with Gasteiger partial charge in [-0.25, -0.2) is 9.59 Å². The van der Waals surface area contributed by atoms with E-state index < -0.39 is 12.1 Å². The summed E-state index contributed by atoms with van der Waals surface area (Å²) in [6.07, 6.45) is 4.17. The normalized spacial score (nSPS) is 13.7. The molecule has 0 aliphatic heterocycles. The van der Waals surface area contributed by atoms with Crippen molar-refractivity contribution in [1.82, 2.24) is 0 Å². The molecule has 0 radical (unpaired) electrons. The maximum absolute atomic E-state index is 12.0. The molecule has 1 heterocycles. The van der Waals surface area contributed by atoms with Gasteiger partial charge < -0.3 is 9.84 Å². The second kappa shape index (κ2) is 7.49. The number of anilines is 1. The lowest BCUT2D eigenvalue weighted by atomic mass is 10.1. The maximum atomic E-state index is 12.0. The molecule has 3 rings (SSSR count). The highest BCUT2D eigenvalue weighted by Gasteiger charge is 2.25. The van der Waals surface area contributed by atoms with E-state index in [0.717, 1.165) is 48.1 Å². The standard InChI is InChI=1S/C18H19NO4S/c20-17(21)15-13-9-5-2-6-10-14(13)24-16(15)19-18(22)23-11-12-7-3-1-4-8-12/h1,3-4,7-8H,2,5-6,9-11H2,(H,19,22)(H,20,21). The van der Waals surface area contributed by atoms with Gasteiger partial charge in [-0.3, -0.25) is 5.32 Å². The number of hydrogen-bond acceptors (Lipinski definition) is 4. The average molecular weight is 345 g/mol. The quantitative estimate of drug-likeness (QED) is 0.802. The minimum atomic E-state index is -0.993. The summed E-state index contributed by atoms with van der Waals surface area (Å²) in [5.74, 6) is -0.993. The molecule has 1 aliphatic rings. The number of fused-ring (bicyclic) bond motifs is 1.